The van der Waals surface area contributed by atoms with Gasteiger partial charge in [-0.1, -0.05) is 48.9 Å². The van der Waals surface area contributed by atoms with Crippen molar-refractivity contribution in [2.45, 2.75) is 38.8 Å². The number of rotatable bonds is 9. The highest BCUT2D eigenvalue weighted by Gasteiger charge is 2.48. The number of nitrogens with zero attached hydrogens (tertiary/aromatic N) is 3. The van der Waals surface area contributed by atoms with E-state index in [4.69, 9.17) is 4.74 Å². The third-order valence-corrected chi connectivity index (χ3v) is 9.95. The molecule has 1 heterocycles. The van der Waals surface area contributed by atoms with Gasteiger partial charge in [-0.3, -0.25) is 0 Å². The summed E-state index contributed by atoms with van der Waals surface area (Å²) in [7, 11) is -3.07. The average molecular weight is 560 g/mol. The number of hydrogen-bond acceptors (Lipinski definition) is 4. The highest BCUT2D eigenvalue weighted by atomic mass is 32.2. The van der Waals surface area contributed by atoms with E-state index < -0.39 is 22.0 Å². The number of alkyl halides is 3. The fourth-order valence-corrected chi connectivity index (χ4v) is 7.42. The summed E-state index contributed by atoms with van der Waals surface area (Å²) in [6.45, 7) is 2.08. The fourth-order valence-electron chi connectivity index (χ4n) is 6.04. The SMILES string of the molecule is COc1ccccc1CCN(C[C@H]1CCC2=Cc3c(cnn3-c3ccccc3)C[C@@]21C)S(=O)(=O)CC(F)(F)F. The number of sulfonamides is 1. The summed E-state index contributed by atoms with van der Waals surface area (Å²) in [4.78, 5) is 0. The monoisotopic (exact) mass is 559 g/mol. The molecule has 10 heteroatoms. The molecule has 1 fully saturated rings. The zero-order valence-corrected chi connectivity index (χ0v) is 22.8. The van der Waals surface area contributed by atoms with Gasteiger partial charge in [0.1, 0.15) is 5.75 Å². The van der Waals surface area contributed by atoms with Gasteiger partial charge in [0.25, 0.3) is 0 Å². The Morgan fingerprint density at radius 2 is 1.85 bits per heavy atom. The molecule has 0 saturated heterocycles. The molecule has 0 amide bonds. The van der Waals surface area contributed by atoms with Crippen LogP contribution in [0.2, 0.25) is 0 Å². The summed E-state index contributed by atoms with van der Waals surface area (Å²) in [6, 6.07) is 17.0. The number of benzene rings is 2. The highest BCUT2D eigenvalue weighted by molar-refractivity contribution is 7.89. The van der Waals surface area contributed by atoms with Gasteiger partial charge in [-0.2, -0.15) is 18.3 Å². The van der Waals surface area contributed by atoms with Crippen LogP contribution in [0, 0.1) is 11.3 Å². The van der Waals surface area contributed by atoms with Gasteiger partial charge in [0.2, 0.25) is 10.0 Å². The lowest BCUT2D eigenvalue weighted by Crippen LogP contribution is -2.44. The molecule has 39 heavy (non-hydrogen) atoms. The molecule has 0 unspecified atom stereocenters. The predicted molar refractivity (Wildman–Crippen MR) is 144 cm³/mol. The lowest BCUT2D eigenvalue weighted by Gasteiger charge is -2.38. The van der Waals surface area contributed by atoms with Crippen LogP contribution in [0.5, 0.6) is 5.75 Å². The van der Waals surface area contributed by atoms with Crippen molar-refractivity contribution >= 4 is 16.1 Å². The molecule has 208 valence electrons. The number of allylic oxidation sites excluding steroid dienone is 1. The van der Waals surface area contributed by atoms with Crippen LogP contribution >= 0.6 is 0 Å². The Hall–Kier alpha value is -3.11. The van der Waals surface area contributed by atoms with Gasteiger partial charge < -0.3 is 4.74 Å². The van der Waals surface area contributed by atoms with Crippen LogP contribution in [0.15, 0.2) is 66.4 Å². The average Bonchev–Trinajstić information content (AvgIpc) is 3.43. The first kappa shape index (κ1) is 27.5. The number of hydrogen-bond donors (Lipinski definition) is 0. The number of ether oxygens (including phenoxy) is 1. The third-order valence-electron chi connectivity index (χ3n) is 8.14. The van der Waals surface area contributed by atoms with Crippen molar-refractivity contribution in [3.8, 4) is 11.4 Å². The highest BCUT2D eigenvalue weighted by Crippen LogP contribution is 2.53. The van der Waals surface area contributed by atoms with Gasteiger partial charge in [0, 0.05) is 13.1 Å². The van der Waals surface area contributed by atoms with E-state index in [0.717, 1.165) is 33.2 Å². The fraction of sp³-hybridized carbons (Fsp3) is 0.414. The lowest BCUT2D eigenvalue weighted by molar-refractivity contribution is -0.107. The second-order valence-electron chi connectivity index (χ2n) is 10.6. The van der Waals surface area contributed by atoms with E-state index in [1.807, 2.05) is 41.2 Å². The zero-order chi connectivity index (χ0) is 27.8. The Bertz CT molecular complexity index is 1470. The smallest absolute Gasteiger partial charge is 0.404 e. The Kier molecular flexibility index (Phi) is 7.37. The molecule has 5 rings (SSSR count). The van der Waals surface area contributed by atoms with Gasteiger partial charge in [0.05, 0.1) is 24.7 Å². The van der Waals surface area contributed by atoms with Crippen LogP contribution < -0.4 is 4.74 Å². The van der Waals surface area contributed by atoms with Crippen LogP contribution in [-0.4, -0.2) is 54.6 Å². The summed E-state index contributed by atoms with van der Waals surface area (Å²) in [5.41, 5.74) is 4.59. The Labute approximate surface area is 227 Å². The molecule has 0 radical (unpaired) electrons. The molecule has 6 nitrogen and oxygen atoms in total. The molecular weight excluding hydrogens is 527 g/mol. The van der Waals surface area contributed by atoms with Crippen LogP contribution in [-0.2, 0) is 22.9 Å². The van der Waals surface area contributed by atoms with Crippen LogP contribution in [0.1, 0.15) is 36.6 Å². The molecule has 0 aliphatic heterocycles. The van der Waals surface area contributed by atoms with E-state index in [0.29, 0.717) is 18.6 Å². The first-order valence-electron chi connectivity index (χ1n) is 13.0. The third kappa shape index (κ3) is 5.63. The van der Waals surface area contributed by atoms with Gasteiger partial charge >= 0.3 is 6.18 Å². The Balaban J connectivity index is 1.41. The van der Waals surface area contributed by atoms with Crippen molar-refractivity contribution in [3.05, 3.63) is 83.2 Å². The summed E-state index contributed by atoms with van der Waals surface area (Å²) < 4.78 is 74.4. The molecule has 2 aromatic carbocycles. The maximum Gasteiger partial charge on any atom is 0.404 e. The van der Waals surface area contributed by atoms with E-state index in [2.05, 4.69) is 18.1 Å². The molecule has 0 bridgehead atoms. The van der Waals surface area contributed by atoms with E-state index in [-0.39, 0.29) is 30.8 Å². The van der Waals surface area contributed by atoms with Gasteiger partial charge in [-0.15, -0.1) is 0 Å². The maximum absolute atomic E-state index is 13.3. The minimum Gasteiger partial charge on any atom is -0.496 e. The number of fused-ring (bicyclic) bond motifs is 2. The van der Waals surface area contributed by atoms with Crippen molar-refractivity contribution in [1.82, 2.24) is 14.1 Å². The first-order chi connectivity index (χ1) is 18.5. The molecule has 3 aromatic rings. The molecule has 2 atom stereocenters. The van der Waals surface area contributed by atoms with Crippen molar-refractivity contribution in [3.63, 3.8) is 0 Å². The standard InChI is InChI=1S/C29H32F3N3O3S/c1-28-17-22-18-33-35(25-9-4-3-5-10-25)26(22)16-23(28)12-13-24(28)19-34(39(36,37)20-29(30,31)32)15-14-21-8-6-7-11-27(21)38-2/h3-11,16,18,24H,12-15,17,19-20H2,1-2H3/t24-,28+/m1/s1. The largest absolute Gasteiger partial charge is 0.496 e. The number of para-hydroxylation sites is 2. The van der Waals surface area contributed by atoms with Crippen molar-refractivity contribution in [2.24, 2.45) is 11.3 Å². The minimum absolute atomic E-state index is 0.0313. The normalized spacial score (nSPS) is 21.0. The number of aromatic nitrogens is 2. The maximum atomic E-state index is 13.3. The summed E-state index contributed by atoms with van der Waals surface area (Å²) in [5, 5.41) is 4.60. The second-order valence-corrected chi connectivity index (χ2v) is 12.6. The molecular formula is C29H32F3N3O3S. The van der Waals surface area contributed by atoms with Gasteiger partial charge in [-0.05, 0) is 72.4 Å². The van der Waals surface area contributed by atoms with Crippen molar-refractivity contribution in [1.29, 1.82) is 0 Å². The quantitative estimate of drug-likeness (QED) is 0.339. The van der Waals surface area contributed by atoms with E-state index in [1.165, 1.54) is 12.7 Å². The van der Waals surface area contributed by atoms with Crippen LogP contribution in [0.4, 0.5) is 13.2 Å². The van der Waals surface area contributed by atoms with Gasteiger partial charge in [0.15, 0.2) is 5.75 Å². The summed E-state index contributed by atoms with van der Waals surface area (Å²) in [6.07, 6.45) is 1.54. The van der Waals surface area contributed by atoms with E-state index >= 15 is 0 Å². The lowest BCUT2D eigenvalue weighted by atomic mass is 9.70. The van der Waals surface area contributed by atoms with Crippen molar-refractivity contribution in [2.75, 3.05) is 26.0 Å². The molecule has 2 aliphatic carbocycles. The molecule has 1 aromatic heterocycles. The van der Waals surface area contributed by atoms with Crippen LogP contribution in [0.25, 0.3) is 11.8 Å². The Morgan fingerprint density at radius 1 is 1.13 bits per heavy atom. The van der Waals surface area contributed by atoms with Crippen molar-refractivity contribution < 1.29 is 26.3 Å². The summed E-state index contributed by atoms with van der Waals surface area (Å²) in [5.74, 6) is -1.41. The molecule has 1 saturated carbocycles. The first-order valence-corrected chi connectivity index (χ1v) is 14.6. The zero-order valence-electron chi connectivity index (χ0n) is 22.0. The Morgan fingerprint density at radius 3 is 2.56 bits per heavy atom. The van der Waals surface area contributed by atoms with E-state index in [1.54, 1.807) is 24.3 Å². The minimum atomic E-state index is -4.82. The molecule has 0 spiro atoms. The number of methoxy groups -OCH3 is 1. The summed E-state index contributed by atoms with van der Waals surface area (Å²) >= 11 is 0. The number of halogens is 3. The van der Waals surface area contributed by atoms with E-state index in [9.17, 15) is 21.6 Å². The second kappa shape index (κ2) is 10.5. The van der Waals surface area contributed by atoms with Gasteiger partial charge in [-0.25, -0.2) is 17.4 Å². The molecule has 0 N–H and O–H groups in total. The topological polar surface area (TPSA) is 64.4 Å². The predicted octanol–water partition coefficient (Wildman–Crippen LogP) is 5.67. The van der Waals surface area contributed by atoms with Crippen LogP contribution in [0.3, 0.4) is 0 Å². The molecule has 2 aliphatic rings.